The molecule has 0 aliphatic rings. The molecule has 0 unspecified atom stereocenters. The Kier molecular flexibility index (Phi) is 4.06. The van der Waals surface area contributed by atoms with Gasteiger partial charge in [0.15, 0.2) is 0 Å². The normalized spacial score (nSPS) is 12.2. The molecule has 0 fully saturated rings. The van der Waals surface area contributed by atoms with Crippen LogP contribution in [-0.4, -0.2) is 16.8 Å². The van der Waals surface area contributed by atoms with E-state index in [1.54, 1.807) is 12.5 Å². The van der Waals surface area contributed by atoms with Crippen LogP contribution in [0.1, 0.15) is 0 Å². The predicted octanol–water partition coefficient (Wildman–Crippen LogP) is 4.31. The number of nitrogens with zero attached hydrogens (tertiary/aromatic N) is 1. The first-order valence-corrected chi connectivity index (χ1v) is 9.05. The molecule has 0 atom stereocenters. The third-order valence-corrected chi connectivity index (χ3v) is 6.00. The van der Waals surface area contributed by atoms with Gasteiger partial charge < -0.3 is 5.73 Å². The van der Waals surface area contributed by atoms with Crippen LogP contribution in [0.4, 0.5) is 5.69 Å². The third-order valence-electron chi connectivity index (χ3n) is 3.14. The highest BCUT2D eigenvalue weighted by atomic mass is 79.9. The van der Waals surface area contributed by atoms with E-state index in [1.165, 1.54) is 0 Å². The molecular formula is C14H15BrN2O2S. The molecule has 0 radical (unpaired) electrons. The van der Waals surface area contributed by atoms with Crippen molar-refractivity contribution in [1.82, 2.24) is 0 Å². The summed E-state index contributed by atoms with van der Waals surface area (Å²) in [7, 11) is -2.00. The minimum absolute atomic E-state index is 0.193. The molecule has 4 nitrogen and oxygen atoms in total. The summed E-state index contributed by atoms with van der Waals surface area (Å²) in [6.07, 6.45) is 3.36. The van der Waals surface area contributed by atoms with Crippen molar-refractivity contribution in [2.45, 2.75) is 4.90 Å². The number of hydrogen-bond donors (Lipinski definition) is 1. The largest absolute Gasteiger partial charge is 0.398 e. The van der Waals surface area contributed by atoms with E-state index >= 15 is 0 Å². The smallest absolute Gasteiger partial charge is 0.0751 e. The van der Waals surface area contributed by atoms with Gasteiger partial charge in [0.2, 0.25) is 0 Å². The van der Waals surface area contributed by atoms with E-state index in [4.69, 9.17) is 5.73 Å². The van der Waals surface area contributed by atoms with Crippen LogP contribution in [-0.2, 0) is 0 Å². The summed E-state index contributed by atoms with van der Waals surface area (Å²) in [5.41, 5.74) is 8.47. The molecule has 2 N–H and O–H groups in total. The SMILES string of the molecule is CS(C)(c1ccc(-c2ccc(N)c(Br)c2)cc1)[N+](=O)[O-]. The lowest BCUT2D eigenvalue weighted by Crippen LogP contribution is -2.07. The van der Waals surface area contributed by atoms with E-state index in [-0.39, 0.29) is 4.33 Å². The van der Waals surface area contributed by atoms with Crippen molar-refractivity contribution in [3.63, 3.8) is 0 Å². The van der Waals surface area contributed by atoms with E-state index in [2.05, 4.69) is 15.9 Å². The molecule has 0 saturated heterocycles. The Bertz CT molecular complexity index is 657. The van der Waals surface area contributed by atoms with Gasteiger partial charge in [-0.15, -0.1) is 0 Å². The molecule has 2 aromatic carbocycles. The van der Waals surface area contributed by atoms with Gasteiger partial charge in [0.05, 0.1) is 9.22 Å². The number of rotatable bonds is 3. The van der Waals surface area contributed by atoms with Gasteiger partial charge in [-0.05, 0) is 51.3 Å². The minimum atomic E-state index is -2.00. The number of anilines is 1. The fourth-order valence-electron chi connectivity index (χ4n) is 1.77. The second kappa shape index (κ2) is 5.46. The Morgan fingerprint density at radius 3 is 2.15 bits per heavy atom. The first kappa shape index (κ1) is 14.9. The Hall–Kier alpha value is -1.53. The van der Waals surface area contributed by atoms with Crippen LogP contribution in [0.2, 0.25) is 0 Å². The summed E-state index contributed by atoms with van der Waals surface area (Å²) in [5.74, 6) is 0. The summed E-state index contributed by atoms with van der Waals surface area (Å²) in [6, 6.07) is 13.2. The van der Waals surface area contributed by atoms with Crippen molar-refractivity contribution in [1.29, 1.82) is 0 Å². The number of halogens is 1. The van der Waals surface area contributed by atoms with Gasteiger partial charge >= 0.3 is 0 Å². The van der Waals surface area contributed by atoms with Crippen molar-refractivity contribution in [2.24, 2.45) is 0 Å². The predicted molar refractivity (Wildman–Crippen MR) is 88.7 cm³/mol. The van der Waals surface area contributed by atoms with Gasteiger partial charge in [0.25, 0.3) is 0 Å². The lowest BCUT2D eigenvalue weighted by molar-refractivity contribution is -0.295. The van der Waals surface area contributed by atoms with Crippen molar-refractivity contribution in [3.8, 4) is 11.1 Å². The Labute approximate surface area is 127 Å². The average molecular weight is 355 g/mol. The highest BCUT2D eigenvalue weighted by molar-refractivity contribution is 9.10. The van der Waals surface area contributed by atoms with Gasteiger partial charge in [-0.1, -0.05) is 18.2 Å². The maximum atomic E-state index is 11.1. The number of nitrogens with two attached hydrogens (primary N) is 1. The van der Waals surface area contributed by atoms with Gasteiger partial charge in [0, 0.05) is 32.9 Å². The molecule has 106 valence electrons. The maximum absolute atomic E-state index is 11.1. The summed E-state index contributed by atoms with van der Waals surface area (Å²) in [5, 5.41) is 11.1. The Morgan fingerprint density at radius 2 is 1.65 bits per heavy atom. The highest BCUT2D eigenvalue weighted by Gasteiger charge is 2.26. The molecule has 0 aliphatic heterocycles. The van der Waals surface area contributed by atoms with Crippen LogP contribution in [0.25, 0.3) is 11.1 Å². The van der Waals surface area contributed by atoms with Crippen molar-refractivity contribution < 1.29 is 4.33 Å². The molecule has 0 amide bonds. The van der Waals surface area contributed by atoms with Crippen LogP contribution in [0.5, 0.6) is 0 Å². The zero-order chi connectivity index (χ0) is 14.9. The maximum Gasteiger partial charge on any atom is 0.0751 e. The summed E-state index contributed by atoms with van der Waals surface area (Å²) in [4.78, 5) is 11.8. The Morgan fingerprint density at radius 1 is 1.10 bits per heavy atom. The fraction of sp³-hybridized carbons (Fsp3) is 0.143. The van der Waals surface area contributed by atoms with Gasteiger partial charge in [-0.3, -0.25) is 10.1 Å². The molecule has 2 rings (SSSR count). The van der Waals surface area contributed by atoms with Crippen LogP contribution >= 0.6 is 26.1 Å². The lowest BCUT2D eigenvalue weighted by Gasteiger charge is -2.21. The number of benzene rings is 2. The summed E-state index contributed by atoms with van der Waals surface area (Å²) < 4.78 is 0.650. The lowest BCUT2D eigenvalue weighted by atomic mass is 10.1. The highest BCUT2D eigenvalue weighted by Crippen LogP contribution is 2.49. The van der Waals surface area contributed by atoms with Crippen LogP contribution < -0.4 is 5.73 Å². The first-order chi connectivity index (χ1) is 9.32. The second-order valence-corrected chi connectivity index (χ2v) is 8.93. The fourth-order valence-corrected chi connectivity index (χ4v) is 3.13. The molecule has 0 aromatic heterocycles. The van der Waals surface area contributed by atoms with Crippen LogP contribution in [0, 0.1) is 10.1 Å². The van der Waals surface area contributed by atoms with Gasteiger partial charge in [-0.25, -0.2) is 0 Å². The molecule has 0 spiro atoms. The summed E-state index contributed by atoms with van der Waals surface area (Å²) >= 11 is 3.40. The molecular weight excluding hydrogens is 340 g/mol. The zero-order valence-corrected chi connectivity index (χ0v) is 13.6. The number of nitro groups is 1. The molecule has 20 heavy (non-hydrogen) atoms. The Balaban J connectivity index is 2.37. The quantitative estimate of drug-likeness (QED) is 0.507. The zero-order valence-electron chi connectivity index (χ0n) is 11.2. The monoisotopic (exact) mass is 354 g/mol. The topological polar surface area (TPSA) is 69.2 Å². The van der Waals surface area contributed by atoms with E-state index in [0.717, 1.165) is 20.5 Å². The van der Waals surface area contributed by atoms with Crippen molar-refractivity contribution >= 4 is 31.8 Å². The van der Waals surface area contributed by atoms with Crippen molar-refractivity contribution in [3.05, 3.63) is 57.1 Å². The van der Waals surface area contributed by atoms with Gasteiger partial charge in [0.1, 0.15) is 0 Å². The molecule has 0 heterocycles. The average Bonchev–Trinajstić information content (AvgIpc) is 2.42. The minimum Gasteiger partial charge on any atom is -0.398 e. The molecule has 0 bridgehead atoms. The van der Waals surface area contributed by atoms with E-state index in [0.29, 0.717) is 5.69 Å². The number of nitrogen functional groups attached to an aromatic ring is 1. The molecule has 6 heteroatoms. The van der Waals surface area contributed by atoms with E-state index in [1.807, 2.05) is 42.5 Å². The third kappa shape index (κ3) is 2.81. The van der Waals surface area contributed by atoms with E-state index < -0.39 is 10.2 Å². The van der Waals surface area contributed by atoms with Crippen LogP contribution in [0.3, 0.4) is 0 Å². The molecule has 0 saturated carbocycles. The first-order valence-electron chi connectivity index (χ1n) is 5.86. The van der Waals surface area contributed by atoms with Crippen molar-refractivity contribution in [2.75, 3.05) is 18.2 Å². The standard InChI is InChI=1S/C14H15BrN2O2S/c1-20(2,17(18)19)12-6-3-10(4-7-12)11-5-8-14(16)13(15)9-11/h3-9H,16H2,1-2H3. The molecule has 0 aliphatic carbocycles. The van der Waals surface area contributed by atoms with E-state index in [9.17, 15) is 10.1 Å². The van der Waals surface area contributed by atoms with Gasteiger partial charge in [-0.2, -0.15) is 0 Å². The van der Waals surface area contributed by atoms with Crippen LogP contribution in [0.15, 0.2) is 51.8 Å². The second-order valence-electron chi connectivity index (χ2n) is 4.76. The summed E-state index contributed by atoms with van der Waals surface area (Å²) in [6.45, 7) is 0. The number of hydrogen-bond acceptors (Lipinski definition) is 3. The molecule has 2 aromatic rings.